The smallest absolute Gasteiger partial charge is 0.0969 e. The van der Waals surface area contributed by atoms with E-state index in [0.29, 0.717) is 10.9 Å². The Labute approximate surface area is 53.5 Å². The lowest BCUT2D eigenvalue weighted by atomic mass is 11.8. The third-order valence-corrected chi connectivity index (χ3v) is 0. The molecule has 0 fully saturated rings. The van der Waals surface area contributed by atoms with Crippen LogP contribution < -0.4 is 0 Å². The van der Waals surface area contributed by atoms with Crippen molar-refractivity contribution >= 4 is 23.5 Å². The van der Waals surface area contributed by atoms with Gasteiger partial charge in [-0.25, -0.2) is 5.26 Å². The van der Waals surface area contributed by atoms with Crippen molar-refractivity contribution in [1.82, 2.24) is 0 Å². The molecule has 0 aliphatic rings. The summed E-state index contributed by atoms with van der Waals surface area (Å²) in [6.07, 6.45) is 6.58. The molecule has 0 aliphatic carbocycles. The van der Waals surface area contributed by atoms with E-state index in [1.54, 1.807) is 0 Å². The van der Waals surface area contributed by atoms with Crippen LogP contribution in [0.1, 0.15) is 0 Å². The van der Waals surface area contributed by atoms with Crippen LogP contribution in [0.2, 0.25) is 0 Å². The van der Waals surface area contributed by atoms with E-state index in [9.17, 15) is 0 Å². The van der Waals surface area contributed by atoms with Gasteiger partial charge in [0.15, 0.2) is 0 Å². The molecule has 0 bridgehead atoms. The lowest BCUT2D eigenvalue weighted by Crippen LogP contribution is -1.84. The minimum Gasteiger partial charge on any atom is -0.696 e. The van der Waals surface area contributed by atoms with Crippen LogP contribution in [-0.2, 0) is 23.5 Å². The molecule has 0 radical (unpaired) electrons. The van der Waals surface area contributed by atoms with Crippen molar-refractivity contribution in [2.75, 3.05) is 18.8 Å². The Balaban J connectivity index is 0. The molecule has 0 aromatic heterocycles. The zero-order valence-corrected chi connectivity index (χ0v) is 6.40. The molecule has 0 aromatic carbocycles. The maximum Gasteiger partial charge on any atom is 0.0969 e. The molecule has 0 amide bonds. The summed E-state index contributed by atoms with van der Waals surface area (Å²) in [5.74, 6) is 0. The number of hydrogen-bond acceptors (Lipinski definition) is 2. The van der Waals surface area contributed by atoms with E-state index in [2.05, 4.69) is 31.4 Å². The highest BCUT2D eigenvalue weighted by Crippen LogP contribution is 1.63. The molecule has 0 saturated carbocycles. The molecule has 0 spiro atoms. The zero-order valence-electron chi connectivity index (χ0n) is 4.76. The number of hydrogen-bond donors (Lipinski definition) is 0. The normalized spacial score (nSPS) is 6.14. The first-order chi connectivity index (χ1) is 3.15. The molecule has 7 heavy (non-hydrogen) atoms. The second-order valence-corrected chi connectivity index (χ2v) is 3.95. The molecule has 0 rings (SSSR count). The Morgan fingerprint density at radius 3 is 1.43 bits per heavy atom. The fourth-order valence-electron chi connectivity index (χ4n) is 0. The average molecular weight is 135 g/mol. The molecule has 0 heterocycles. The van der Waals surface area contributed by atoms with Crippen LogP contribution in [-0.4, -0.2) is 18.8 Å². The molecule has 0 aromatic rings. The monoisotopic (exact) mass is 135 g/mol. The highest BCUT2D eigenvalue weighted by Gasteiger charge is 1.77. The van der Waals surface area contributed by atoms with Gasteiger partial charge in [0.1, 0.15) is 0 Å². The summed E-state index contributed by atoms with van der Waals surface area (Å²) in [4.78, 5) is 0. The molecule has 42 valence electrons. The average Bonchev–Trinajstić information content (AvgIpc) is 1.33. The Kier molecular flexibility index (Phi) is 13.6. The molecule has 0 unspecified atom stereocenters. The molecule has 0 N–H and O–H groups in total. The third kappa shape index (κ3) is 27700. The lowest BCUT2D eigenvalue weighted by Gasteiger charge is -1.69. The summed E-state index contributed by atoms with van der Waals surface area (Å²) >= 11 is 3.70. The van der Waals surface area contributed by atoms with Crippen molar-refractivity contribution in [2.45, 2.75) is 0 Å². The van der Waals surface area contributed by atoms with E-state index < -0.39 is 0 Å². The summed E-state index contributed by atoms with van der Waals surface area (Å²) in [5.41, 5.74) is 0. The molecule has 0 saturated heterocycles. The maximum atomic E-state index is 7.13. The number of nitriles is 1. The van der Waals surface area contributed by atoms with Gasteiger partial charge >= 0.3 is 0 Å². The van der Waals surface area contributed by atoms with Gasteiger partial charge in [0.25, 0.3) is 0 Å². The van der Waals surface area contributed by atoms with Crippen molar-refractivity contribution in [2.24, 2.45) is 0 Å². The Hall–Kier alpha value is 0.0600. The highest BCUT2D eigenvalue weighted by molar-refractivity contribution is 7.94. The zero-order chi connectivity index (χ0) is 6.28. The van der Waals surface area contributed by atoms with Gasteiger partial charge in [-0.2, -0.15) is 0 Å². The predicted octanol–water partition coefficient (Wildman–Crippen LogP) is 0.508. The van der Waals surface area contributed by atoms with Gasteiger partial charge in [-0.3, -0.25) is 0 Å². The van der Waals surface area contributed by atoms with Gasteiger partial charge in [-0.1, -0.05) is 5.40 Å². The summed E-state index contributed by atoms with van der Waals surface area (Å²) in [6, 6.07) is 0. The largest absolute Gasteiger partial charge is 0.696 e. The summed E-state index contributed by atoms with van der Waals surface area (Å²) in [7, 11) is 0.639. The number of rotatable bonds is 0. The fraction of sp³-hybridized carbons (Fsp3) is 0.750. The van der Waals surface area contributed by atoms with E-state index in [-0.39, 0.29) is 0 Å². The SMILES string of the molecule is C[S+](C)C.N#C[S-]. The minimum atomic E-state index is 0.639. The Morgan fingerprint density at radius 2 is 1.43 bits per heavy atom. The van der Waals surface area contributed by atoms with Crippen molar-refractivity contribution in [3.05, 3.63) is 0 Å². The van der Waals surface area contributed by atoms with Gasteiger partial charge in [0.2, 0.25) is 0 Å². The van der Waals surface area contributed by atoms with Crippen LogP contribution in [0.3, 0.4) is 0 Å². The van der Waals surface area contributed by atoms with E-state index >= 15 is 0 Å². The van der Waals surface area contributed by atoms with Gasteiger partial charge in [0, 0.05) is 0 Å². The molecule has 3 heteroatoms. The van der Waals surface area contributed by atoms with Crippen LogP contribution in [0.5, 0.6) is 0 Å². The molecular weight excluding hydrogens is 126 g/mol. The molecule has 0 atom stereocenters. The standard InChI is InChI=1S/C3H9S.CHNS/c1-4(2)3;2-1-3/h1-3H3;3H/q+1;/p-1. The topological polar surface area (TPSA) is 23.8 Å². The van der Waals surface area contributed by atoms with Crippen molar-refractivity contribution in [1.29, 1.82) is 5.26 Å². The van der Waals surface area contributed by atoms with Crippen molar-refractivity contribution in [3.8, 4) is 5.40 Å². The summed E-state index contributed by atoms with van der Waals surface area (Å²) < 4.78 is 0. The van der Waals surface area contributed by atoms with E-state index in [1.807, 2.05) is 0 Å². The second kappa shape index (κ2) is 9.41. The summed E-state index contributed by atoms with van der Waals surface area (Å²) in [6.45, 7) is 0. The summed E-state index contributed by atoms with van der Waals surface area (Å²) in [5, 5.41) is 8.47. The van der Waals surface area contributed by atoms with Gasteiger partial charge in [-0.05, 0) is 10.9 Å². The van der Waals surface area contributed by atoms with Gasteiger partial charge in [-0.15, -0.1) is 0 Å². The van der Waals surface area contributed by atoms with Crippen molar-refractivity contribution < 1.29 is 0 Å². The molecule has 0 aliphatic heterocycles. The fourth-order valence-corrected chi connectivity index (χ4v) is 0. The molecule has 1 nitrogen and oxygen atoms in total. The van der Waals surface area contributed by atoms with Gasteiger partial charge in [0.05, 0.1) is 18.8 Å². The van der Waals surface area contributed by atoms with Crippen LogP contribution >= 0.6 is 0 Å². The predicted molar refractivity (Wildman–Crippen MR) is 38.1 cm³/mol. The number of thiocyanates is 1. The Bertz CT molecular complexity index is 52.4. The van der Waals surface area contributed by atoms with E-state index in [4.69, 9.17) is 5.26 Å². The lowest BCUT2D eigenvalue weighted by molar-refractivity contribution is 1.57. The highest BCUT2D eigenvalue weighted by atomic mass is 32.2. The quantitative estimate of drug-likeness (QED) is 0.274. The third-order valence-electron chi connectivity index (χ3n) is 0. The van der Waals surface area contributed by atoms with E-state index in [1.165, 1.54) is 5.40 Å². The first-order valence-corrected chi connectivity index (χ1v) is 4.51. The Morgan fingerprint density at radius 1 is 1.43 bits per heavy atom. The first kappa shape index (κ1) is 10.1. The van der Waals surface area contributed by atoms with Gasteiger partial charge < -0.3 is 12.6 Å². The second-order valence-electron chi connectivity index (χ2n) is 1.32. The minimum absolute atomic E-state index is 0.639. The van der Waals surface area contributed by atoms with Crippen LogP contribution in [0.25, 0.3) is 0 Å². The maximum absolute atomic E-state index is 7.13. The van der Waals surface area contributed by atoms with Crippen LogP contribution in [0.4, 0.5) is 0 Å². The number of nitrogens with zero attached hydrogens (tertiary/aromatic N) is 1. The first-order valence-electron chi connectivity index (χ1n) is 1.65. The van der Waals surface area contributed by atoms with Crippen molar-refractivity contribution in [3.63, 3.8) is 0 Å². The van der Waals surface area contributed by atoms with E-state index in [0.717, 1.165) is 0 Å². The molecular formula is C4H9NS2. The van der Waals surface area contributed by atoms with Crippen LogP contribution in [0.15, 0.2) is 0 Å². The van der Waals surface area contributed by atoms with Crippen LogP contribution in [0, 0.1) is 10.7 Å².